The lowest BCUT2D eigenvalue weighted by atomic mass is 10.1. The SMILES string of the molecule is CCc1ccc(C(=O)N2CC(=O)Nc3cc(C(F)(F)F)ccc32)cc1. The van der Waals surface area contributed by atoms with Crippen LogP contribution >= 0.6 is 0 Å². The summed E-state index contributed by atoms with van der Waals surface area (Å²) in [5.41, 5.74) is 0.774. The van der Waals surface area contributed by atoms with Gasteiger partial charge in [0, 0.05) is 5.56 Å². The fourth-order valence-electron chi connectivity index (χ4n) is 2.69. The Labute approximate surface area is 142 Å². The normalized spacial score (nSPS) is 14.1. The van der Waals surface area contributed by atoms with Crippen molar-refractivity contribution in [3.05, 3.63) is 59.2 Å². The summed E-state index contributed by atoms with van der Waals surface area (Å²) in [5.74, 6) is -0.969. The molecular weight excluding hydrogens is 333 g/mol. The monoisotopic (exact) mass is 348 g/mol. The average Bonchev–Trinajstić information content (AvgIpc) is 2.59. The molecule has 0 spiro atoms. The van der Waals surface area contributed by atoms with E-state index in [1.807, 2.05) is 19.1 Å². The van der Waals surface area contributed by atoms with Gasteiger partial charge in [-0.2, -0.15) is 13.2 Å². The summed E-state index contributed by atoms with van der Waals surface area (Å²) >= 11 is 0. The number of aryl methyl sites for hydroxylation is 1. The van der Waals surface area contributed by atoms with E-state index in [-0.39, 0.29) is 17.9 Å². The van der Waals surface area contributed by atoms with Crippen LogP contribution in [-0.2, 0) is 17.4 Å². The maximum absolute atomic E-state index is 12.9. The topological polar surface area (TPSA) is 49.4 Å². The second-order valence-corrected chi connectivity index (χ2v) is 5.72. The molecule has 1 aliphatic rings. The molecule has 0 atom stereocenters. The van der Waals surface area contributed by atoms with Crippen molar-refractivity contribution in [1.82, 2.24) is 0 Å². The number of halogens is 3. The van der Waals surface area contributed by atoms with Crippen LogP contribution in [0.15, 0.2) is 42.5 Å². The summed E-state index contributed by atoms with van der Waals surface area (Å²) in [6.07, 6.45) is -3.70. The van der Waals surface area contributed by atoms with Crippen LogP contribution in [0.25, 0.3) is 0 Å². The zero-order valence-corrected chi connectivity index (χ0v) is 13.4. The number of benzene rings is 2. The predicted octanol–water partition coefficient (Wildman–Crippen LogP) is 3.87. The molecule has 7 heteroatoms. The Hall–Kier alpha value is -2.83. The van der Waals surface area contributed by atoms with Gasteiger partial charge in [0.15, 0.2) is 0 Å². The lowest BCUT2D eigenvalue weighted by Crippen LogP contribution is -2.42. The molecule has 0 saturated heterocycles. The smallest absolute Gasteiger partial charge is 0.323 e. The first kappa shape index (κ1) is 17.0. The number of carbonyl (C=O) groups excluding carboxylic acids is 2. The van der Waals surface area contributed by atoms with Crippen molar-refractivity contribution in [2.75, 3.05) is 16.8 Å². The van der Waals surface area contributed by atoms with Crippen molar-refractivity contribution in [2.24, 2.45) is 0 Å². The van der Waals surface area contributed by atoms with E-state index < -0.39 is 23.6 Å². The van der Waals surface area contributed by atoms with Crippen LogP contribution < -0.4 is 10.2 Å². The van der Waals surface area contributed by atoms with Gasteiger partial charge in [-0.1, -0.05) is 19.1 Å². The molecule has 0 unspecified atom stereocenters. The molecule has 0 fully saturated rings. The largest absolute Gasteiger partial charge is 0.416 e. The van der Waals surface area contributed by atoms with Crippen molar-refractivity contribution in [2.45, 2.75) is 19.5 Å². The molecule has 0 bridgehead atoms. The van der Waals surface area contributed by atoms with Gasteiger partial charge in [-0.3, -0.25) is 14.5 Å². The molecule has 1 aliphatic heterocycles. The average molecular weight is 348 g/mol. The second kappa shape index (κ2) is 6.23. The van der Waals surface area contributed by atoms with E-state index >= 15 is 0 Å². The number of rotatable bonds is 2. The first-order valence-corrected chi connectivity index (χ1v) is 7.71. The molecule has 4 nitrogen and oxygen atoms in total. The maximum atomic E-state index is 12.9. The number of hydrogen-bond acceptors (Lipinski definition) is 2. The van der Waals surface area contributed by atoms with Gasteiger partial charge in [-0.25, -0.2) is 0 Å². The molecule has 0 aromatic heterocycles. The predicted molar refractivity (Wildman–Crippen MR) is 87.6 cm³/mol. The Balaban J connectivity index is 1.98. The molecule has 0 saturated carbocycles. The van der Waals surface area contributed by atoms with Gasteiger partial charge in [0.2, 0.25) is 5.91 Å². The van der Waals surface area contributed by atoms with E-state index in [9.17, 15) is 22.8 Å². The third kappa shape index (κ3) is 3.35. The van der Waals surface area contributed by atoms with E-state index in [2.05, 4.69) is 5.32 Å². The molecule has 1 heterocycles. The van der Waals surface area contributed by atoms with Gasteiger partial charge in [-0.15, -0.1) is 0 Å². The minimum Gasteiger partial charge on any atom is -0.323 e. The van der Waals surface area contributed by atoms with Crippen molar-refractivity contribution >= 4 is 23.2 Å². The number of alkyl halides is 3. The molecule has 1 N–H and O–H groups in total. The van der Waals surface area contributed by atoms with Crippen LogP contribution in [-0.4, -0.2) is 18.4 Å². The quantitative estimate of drug-likeness (QED) is 0.896. The summed E-state index contributed by atoms with van der Waals surface area (Å²) in [4.78, 5) is 25.8. The number of carbonyl (C=O) groups is 2. The van der Waals surface area contributed by atoms with Crippen LogP contribution in [0.4, 0.5) is 24.5 Å². The number of amides is 2. The molecule has 0 radical (unpaired) electrons. The lowest BCUT2D eigenvalue weighted by Gasteiger charge is -2.30. The fraction of sp³-hybridized carbons (Fsp3) is 0.222. The van der Waals surface area contributed by atoms with Crippen LogP contribution in [0.3, 0.4) is 0 Å². The Morgan fingerprint density at radius 3 is 2.44 bits per heavy atom. The van der Waals surface area contributed by atoms with E-state index in [4.69, 9.17) is 0 Å². The summed E-state index contributed by atoms with van der Waals surface area (Å²) < 4.78 is 38.6. The number of nitrogens with one attached hydrogen (secondary N) is 1. The highest BCUT2D eigenvalue weighted by molar-refractivity contribution is 6.15. The van der Waals surface area contributed by atoms with Crippen molar-refractivity contribution in [3.8, 4) is 0 Å². The van der Waals surface area contributed by atoms with E-state index in [0.29, 0.717) is 5.56 Å². The molecule has 2 aromatic rings. The number of hydrogen-bond donors (Lipinski definition) is 1. The van der Waals surface area contributed by atoms with Crippen molar-refractivity contribution < 1.29 is 22.8 Å². The van der Waals surface area contributed by atoms with Gasteiger partial charge in [0.25, 0.3) is 5.91 Å². The van der Waals surface area contributed by atoms with Gasteiger partial charge < -0.3 is 5.32 Å². The summed E-state index contributed by atoms with van der Waals surface area (Å²) in [7, 11) is 0. The molecule has 2 amide bonds. The number of fused-ring (bicyclic) bond motifs is 1. The van der Waals surface area contributed by atoms with Gasteiger partial charge in [-0.05, 0) is 42.3 Å². The van der Waals surface area contributed by atoms with Gasteiger partial charge in [0.05, 0.1) is 16.9 Å². The molecule has 0 aliphatic carbocycles. The first-order chi connectivity index (χ1) is 11.8. The lowest BCUT2D eigenvalue weighted by molar-refractivity contribution is -0.137. The van der Waals surface area contributed by atoms with E-state index in [1.165, 1.54) is 11.0 Å². The summed E-state index contributed by atoms with van der Waals surface area (Å²) in [5, 5.41) is 2.39. The third-order valence-electron chi connectivity index (χ3n) is 4.04. The zero-order chi connectivity index (χ0) is 18.2. The van der Waals surface area contributed by atoms with Crippen LogP contribution in [0.5, 0.6) is 0 Å². The summed E-state index contributed by atoms with van der Waals surface area (Å²) in [6, 6.07) is 9.87. The molecule has 25 heavy (non-hydrogen) atoms. The Kier molecular flexibility index (Phi) is 4.24. The maximum Gasteiger partial charge on any atom is 0.416 e. The third-order valence-corrected chi connectivity index (χ3v) is 4.04. The zero-order valence-electron chi connectivity index (χ0n) is 13.4. The summed E-state index contributed by atoms with van der Waals surface area (Å²) in [6.45, 7) is 1.74. The highest BCUT2D eigenvalue weighted by atomic mass is 19.4. The van der Waals surface area contributed by atoms with Crippen LogP contribution in [0.2, 0.25) is 0 Å². The number of anilines is 2. The van der Waals surface area contributed by atoms with Crippen molar-refractivity contribution in [1.29, 1.82) is 0 Å². The van der Waals surface area contributed by atoms with Gasteiger partial charge in [0.1, 0.15) is 6.54 Å². The highest BCUT2D eigenvalue weighted by Gasteiger charge is 2.34. The molecule has 2 aromatic carbocycles. The minimum atomic E-state index is -4.53. The highest BCUT2D eigenvalue weighted by Crippen LogP contribution is 2.37. The van der Waals surface area contributed by atoms with Crippen LogP contribution in [0.1, 0.15) is 28.4 Å². The standard InChI is InChI=1S/C18H15F3N2O2/c1-2-11-3-5-12(6-4-11)17(25)23-10-16(24)22-14-9-13(18(19,20)21)7-8-15(14)23/h3-9H,2,10H2,1H3,(H,22,24). The molecule has 130 valence electrons. The Morgan fingerprint density at radius 2 is 1.84 bits per heavy atom. The van der Waals surface area contributed by atoms with Crippen molar-refractivity contribution in [3.63, 3.8) is 0 Å². The Morgan fingerprint density at radius 1 is 1.16 bits per heavy atom. The second-order valence-electron chi connectivity index (χ2n) is 5.72. The fourth-order valence-corrected chi connectivity index (χ4v) is 2.69. The van der Waals surface area contributed by atoms with Crippen LogP contribution in [0, 0.1) is 0 Å². The first-order valence-electron chi connectivity index (χ1n) is 7.71. The number of nitrogens with zero attached hydrogens (tertiary/aromatic N) is 1. The van der Waals surface area contributed by atoms with E-state index in [0.717, 1.165) is 24.1 Å². The Bertz CT molecular complexity index is 829. The minimum absolute atomic E-state index is 0.0235. The molecular formula is C18H15F3N2O2. The molecule has 3 rings (SSSR count). The van der Waals surface area contributed by atoms with E-state index in [1.54, 1.807) is 12.1 Å². The van der Waals surface area contributed by atoms with Gasteiger partial charge >= 0.3 is 6.18 Å².